The van der Waals surface area contributed by atoms with Gasteiger partial charge in [-0.05, 0) is 5.56 Å². The van der Waals surface area contributed by atoms with E-state index >= 15 is 0 Å². The molecule has 4 nitrogen and oxygen atoms in total. The topological polar surface area (TPSA) is 58.9 Å². The number of hydrogen-bond acceptors (Lipinski definition) is 4. The Bertz CT molecular complexity index is 346. The molecule has 1 N–H and O–H groups in total. The average Bonchev–Trinajstić information content (AvgIpc) is 2.31. The van der Waals surface area contributed by atoms with E-state index in [0.29, 0.717) is 12.1 Å². The fraction of sp³-hybridized carbons (Fsp3) is 0.273. The Labute approximate surface area is 88.2 Å². The normalized spacial score (nSPS) is 11.1. The summed E-state index contributed by atoms with van der Waals surface area (Å²) in [6, 6.07) is 9.22. The van der Waals surface area contributed by atoms with Crippen molar-refractivity contribution in [3.63, 3.8) is 0 Å². The van der Waals surface area contributed by atoms with Crippen LogP contribution in [0.3, 0.4) is 0 Å². The lowest BCUT2D eigenvalue weighted by Gasteiger charge is -2.03. The first kappa shape index (κ1) is 11.2. The summed E-state index contributed by atoms with van der Waals surface area (Å²) >= 11 is 0. The zero-order valence-electron chi connectivity index (χ0n) is 8.51. The summed E-state index contributed by atoms with van der Waals surface area (Å²) in [5.74, 6) is -0.313. The molecule has 1 aromatic rings. The summed E-state index contributed by atoms with van der Waals surface area (Å²) in [6.07, 6.45) is 0.581. The van der Waals surface area contributed by atoms with Gasteiger partial charge in [-0.15, -0.1) is 0 Å². The molecule has 0 aliphatic carbocycles. The molecule has 0 radical (unpaired) electrons. The lowest BCUT2D eigenvalue weighted by atomic mass is 10.1. The van der Waals surface area contributed by atoms with Crippen LogP contribution in [-0.2, 0) is 9.53 Å². The first-order valence-electron chi connectivity index (χ1n) is 4.61. The van der Waals surface area contributed by atoms with Crippen molar-refractivity contribution in [1.82, 2.24) is 0 Å². The Balaban J connectivity index is 2.63. The third-order valence-electron chi connectivity index (χ3n) is 2.02. The predicted octanol–water partition coefficient (Wildman–Crippen LogP) is 1.82. The van der Waals surface area contributed by atoms with E-state index in [1.165, 1.54) is 7.11 Å². The van der Waals surface area contributed by atoms with Crippen LogP contribution in [0.2, 0.25) is 0 Å². The second-order valence-corrected chi connectivity index (χ2v) is 2.99. The van der Waals surface area contributed by atoms with Crippen LogP contribution in [0.4, 0.5) is 0 Å². The molecule has 1 aromatic carbocycles. The second kappa shape index (κ2) is 5.80. The molecule has 0 amide bonds. The fourth-order valence-electron chi connectivity index (χ4n) is 1.21. The largest absolute Gasteiger partial charge is 0.469 e. The zero-order chi connectivity index (χ0) is 11.1. The molecule has 0 saturated carbocycles. The number of oxime groups is 1. The fourth-order valence-corrected chi connectivity index (χ4v) is 1.21. The SMILES string of the molecule is COC(=O)CC/C(=N/O)c1ccccc1. The van der Waals surface area contributed by atoms with E-state index in [0.717, 1.165) is 5.56 Å². The quantitative estimate of drug-likeness (QED) is 0.354. The first-order valence-corrected chi connectivity index (χ1v) is 4.61. The van der Waals surface area contributed by atoms with Crippen LogP contribution >= 0.6 is 0 Å². The van der Waals surface area contributed by atoms with Gasteiger partial charge in [-0.2, -0.15) is 0 Å². The third kappa shape index (κ3) is 3.42. The summed E-state index contributed by atoms with van der Waals surface area (Å²) in [7, 11) is 1.33. The highest BCUT2D eigenvalue weighted by atomic mass is 16.5. The zero-order valence-corrected chi connectivity index (χ0v) is 8.51. The molecule has 80 valence electrons. The summed E-state index contributed by atoms with van der Waals surface area (Å²) < 4.78 is 4.51. The molecule has 1 rings (SSSR count). The average molecular weight is 207 g/mol. The molecule has 0 aliphatic rings. The molecule has 0 heterocycles. The number of benzene rings is 1. The van der Waals surface area contributed by atoms with E-state index in [9.17, 15) is 4.79 Å². The first-order chi connectivity index (χ1) is 7.27. The Kier molecular flexibility index (Phi) is 4.34. The van der Waals surface area contributed by atoms with Gasteiger partial charge in [-0.1, -0.05) is 35.5 Å². The Morgan fingerprint density at radius 1 is 1.33 bits per heavy atom. The standard InChI is InChI=1S/C11H13NO3/c1-15-11(13)8-7-10(12-14)9-5-3-2-4-6-9/h2-6,14H,7-8H2,1H3/b12-10-. The summed E-state index contributed by atoms with van der Waals surface area (Å²) in [5.41, 5.74) is 1.30. The van der Waals surface area contributed by atoms with Crippen molar-refractivity contribution in [3.05, 3.63) is 35.9 Å². The highest BCUT2D eigenvalue weighted by Crippen LogP contribution is 2.06. The summed E-state index contributed by atoms with van der Waals surface area (Å²) in [4.78, 5) is 10.9. The van der Waals surface area contributed by atoms with Crippen LogP contribution in [0.25, 0.3) is 0 Å². The Hall–Kier alpha value is -1.84. The highest BCUT2D eigenvalue weighted by Gasteiger charge is 2.07. The van der Waals surface area contributed by atoms with Crippen molar-refractivity contribution in [2.24, 2.45) is 5.16 Å². The molecule has 0 bridgehead atoms. The molecule has 4 heteroatoms. The number of rotatable bonds is 4. The van der Waals surface area contributed by atoms with Crippen LogP contribution in [-0.4, -0.2) is 24.0 Å². The molecular formula is C11H13NO3. The third-order valence-corrected chi connectivity index (χ3v) is 2.02. The maximum atomic E-state index is 10.9. The lowest BCUT2D eigenvalue weighted by molar-refractivity contribution is -0.140. The second-order valence-electron chi connectivity index (χ2n) is 2.99. The van der Waals surface area contributed by atoms with E-state index in [4.69, 9.17) is 5.21 Å². The minimum Gasteiger partial charge on any atom is -0.469 e. The van der Waals surface area contributed by atoms with Crippen LogP contribution in [0.1, 0.15) is 18.4 Å². The van der Waals surface area contributed by atoms with Gasteiger partial charge in [0.05, 0.1) is 19.2 Å². The number of esters is 1. The minimum absolute atomic E-state index is 0.213. The van der Waals surface area contributed by atoms with Crippen LogP contribution in [0, 0.1) is 0 Å². The van der Waals surface area contributed by atoms with Gasteiger partial charge in [-0.25, -0.2) is 0 Å². The van der Waals surface area contributed by atoms with Crippen LogP contribution in [0.15, 0.2) is 35.5 Å². The van der Waals surface area contributed by atoms with Crippen LogP contribution in [0.5, 0.6) is 0 Å². The van der Waals surface area contributed by atoms with Gasteiger partial charge < -0.3 is 9.94 Å². The van der Waals surface area contributed by atoms with E-state index in [2.05, 4.69) is 9.89 Å². The van der Waals surface area contributed by atoms with Gasteiger partial charge in [0.25, 0.3) is 0 Å². The maximum Gasteiger partial charge on any atom is 0.305 e. The Morgan fingerprint density at radius 2 is 2.00 bits per heavy atom. The molecule has 0 unspecified atom stereocenters. The van der Waals surface area contributed by atoms with Gasteiger partial charge in [-0.3, -0.25) is 4.79 Å². The van der Waals surface area contributed by atoms with Crippen molar-refractivity contribution in [2.45, 2.75) is 12.8 Å². The van der Waals surface area contributed by atoms with E-state index in [1.54, 1.807) is 0 Å². The van der Waals surface area contributed by atoms with Crippen molar-refractivity contribution < 1.29 is 14.7 Å². The smallest absolute Gasteiger partial charge is 0.305 e. The number of carbonyl (C=O) groups is 1. The number of carbonyl (C=O) groups excluding carboxylic acids is 1. The Morgan fingerprint density at radius 3 is 2.53 bits per heavy atom. The highest BCUT2D eigenvalue weighted by molar-refractivity contribution is 6.01. The number of ether oxygens (including phenoxy) is 1. The van der Waals surface area contributed by atoms with Gasteiger partial charge in [0.1, 0.15) is 0 Å². The molecule has 0 fully saturated rings. The molecule has 0 aliphatic heterocycles. The van der Waals surface area contributed by atoms with Gasteiger partial charge in [0.2, 0.25) is 0 Å². The van der Waals surface area contributed by atoms with Gasteiger partial charge in [0, 0.05) is 6.42 Å². The maximum absolute atomic E-state index is 10.9. The molecule has 0 atom stereocenters. The molecule has 15 heavy (non-hydrogen) atoms. The monoisotopic (exact) mass is 207 g/mol. The van der Waals surface area contributed by atoms with Crippen molar-refractivity contribution >= 4 is 11.7 Å². The number of nitrogens with zero attached hydrogens (tertiary/aromatic N) is 1. The minimum atomic E-state index is -0.313. The van der Waals surface area contributed by atoms with E-state index < -0.39 is 0 Å². The summed E-state index contributed by atoms with van der Waals surface area (Å²) in [6.45, 7) is 0. The van der Waals surface area contributed by atoms with Gasteiger partial charge in [0.15, 0.2) is 0 Å². The molecule has 0 spiro atoms. The molecule has 0 aromatic heterocycles. The van der Waals surface area contributed by atoms with E-state index in [1.807, 2.05) is 30.3 Å². The molecular weight excluding hydrogens is 194 g/mol. The summed E-state index contributed by atoms with van der Waals surface area (Å²) in [5, 5.41) is 12.0. The predicted molar refractivity (Wildman–Crippen MR) is 56.0 cm³/mol. The van der Waals surface area contributed by atoms with Crippen molar-refractivity contribution in [1.29, 1.82) is 0 Å². The van der Waals surface area contributed by atoms with E-state index in [-0.39, 0.29) is 12.4 Å². The van der Waals surface area contributed by atoms with Crippen LogP contribution < -0.4 is 0 Å². The van der Waals surface area contributed by atoms with Crippen molar-refractivity contribution in [3.8, 4) is 0 Å². The molecule has 0 saturated heterocycles. The lowest BCUT2D eigenvalue weighted by Crippen LogP contribution is -2.07. The number of methoxy groups -OCH3 is 1. The van der Waals surface area contributed by atoms with Crippen molar-refractivity contribution in [2.75, 3.05) is 7.11 Å². The number of hydrogen-bond donors (Lipinski definition) is 1. The van der Waals surface area contributed by atoms with Gasteiger partial charge >= 0.3 is 5.97 Å².